The highest BCUT2D eigenvalue weighted by Crippen LogP contribution is 2.67. The fourth-order valence-corrected chi connectivity index (χ4v) is 7.10. The van der Waals surface area contributed by atoms with E-state index in [1.807, 2.05) is 0 Å². The number of rotatable bonds is 0. The third-order valence-electron chi connectivity index (χ3n) is 8.09. The Morgan fingerprint density at radius 3 is 2.50 bits per heavy atom. The number of benzene rings is 1. The fourth-order valence-electron chi connectivity index (χ4n) is 7.10. The minimum Gasteiger partial charge on any atom is -0.0596 e. The SMILES string of the molecule is Cc1ccc2c(c1)C[C@H]1[C@@]3(C)CCCC(C)(C)[C@@H]3CC[C@]21C. The van der Waals surface area contributed by atoms with Crippen LogP contribution in [-0.2, 0) is 11.8 Å². The van der Waals surface area contributed by atoms with E-state index in [-0.39, 0.29) is 0 Å². The predicted molar refractivity (Wildman–Crippen MR) is 94.2 cm³/mol. The lowest BCUT2D eigenvalue weighted by molar-refractivity contribution is -0.0982. The molecule has 0 radical (unpaired) electrons. The Morgan fingerprint density at radius 1 is 0.955 bits per heavy atom. The Morgan fingerprint density at radius 2 is 1.73 bits per heavy atom. The van der Waals surface area contributed by atoms with Gasteiger partial charge >= 0.3 is 0 Å². The molecule has 120 valence electrons. The summed E-state index contributed by atoms with van der Waals surface area (Å²) in [5, 5.41) is 0. The third-order valence-corrected chi connectivity index (χ3v) is 8.09. The largest absolute Gasteiger partial charge is 0.0596 e. The van der Waals surface area contributed by atoms with E-state index in [2.05, 4.69) is 52.8 Å². The predicted octanol–water partition coefficient (Wildman–Crippen LogP) is 6.05. The van der Waals surface area contributed by atoms with E-state index in [0.717, 1.165) is 11.8 Å². The number of aryl methyl sites for hydroxylation is 1. The van der Waals surface area contributed by atoms with Gasteiger partial charge in [0.2, 0.25) is 0 Å². The van der Waals surface area contributed by atoms with Gasteiger partial charge in [-0.3, -0.25) is 0 Å². The highest BCUT2D eigenvalue weighted by atomic mass is 14.6. The smallest absolute Gasteiger partial charge is 0.00357 e. The summed E-state index contributed by atoms with van der Waals surface area (Å²) in [6.45, 7) is 12.6. The molecule has 0 spiro atoms. The lowest BCUT2D eigenvalue weighted by Crippen LogP contribution is -2.55. The fraction of sp³-hybridized carbons (Fsp3) is 0.727. The van der Waals surface area contributed by atoms with Crippen molar-refractivity contribution in [1.29, 1.82) is 0 Å². The topological polar surface area (TPSA) is 0 Å². The van der Waals surface area contributed by atoms with Crippen molar-refractivity contribution in [2.45, 2.75) is 78.6 Å². The van der Waals surface area contributed by atoms with Crippen molar-refractivity contribution < 1.29 is 0 Å². The van der Waals surface area contributed by atoms with E-state index in [1.165, 1.54) is 44.1 Å². The summed E-state index contributed by atoms with van der Waals surface area (Å²) in [6.07, 6.45) is 8.48. The first-order valence-electron chi connectivity index (χ1n) is 9.37. The first-order valence-corrected chi connectivity index (χ1v) is 9.37. The Kier molecular flexibility index (Phi) is 2.96. The molecule has 22 heavy (non-hydrogen) atoms. The van der Waals surface area contributed by atoms with Gasteiger partial charge in [0.05, 0.1) is 0 Å². The maximum Gasteiger partial charge on any atom is -0.00357 e. The molecule has 4 atom stereocenters. The number of hydrogen-bond donors (Lipinski definition) is 0. The van der Waals surface area contributed by atoms with Gasteiger partial charge in [-0.05, 0) is 78.2 Å². The molecule has 0 saturated heterocycles. The van der Waals surface area contributed by atoms with Gasteiger partial charge < -0.3 is 0 Å². The molecule has 1 aromatic rings. The van der Waals surface area contributed by atoms with E-state index in [4.69, 9.17) is 0 Å². The van der Waals surface area contributed by atoms with Crippen LogP contribution in [0.25, 0.3) is 0 Å². The van der Waals surface area contributed by atoms with E-state index in [1.54, 1.807) is 11.1 Å². The van der Waals surface area contributed by atoms with Crippen LogP contribution in [0.15, 0.2) is 18.2 Å². The van der Waals surface area contributed by atoms with E-state index < -0.39 is 0 Å². The Bertz CT molecular complexity index is 610. The van der Waals surface area contributed by atoms with Gasteiger partial charge in [0.15, 0.2) is 0 Å². The zero-order valence-electron chi connectivity index (χ0n) is 15.1. The molecule has 0 unspecified atom stereocenters. The molecule has 0 heterocycles. The summed E-state index contributed by atoms with van der Waals surface area (Å²) in [7, 11) is 0. The summed E-state index contributed by atoms with van der Waals surface area (Å²) >= 11 is 0. The van der Waals surface area contributed by atoms with Gasteiger partial charge in [-0.1, -0.05) is 57.9 Å². The van der Waals surface area contributed by atoms with Gasteiger partial charge in [-0.15, -0.1) is 0 Å². The Labute approximate surface area is 136 Å². The minimum atomic E-state index is 0.432. The van der Waals surface area contributed by atoms with Gasteiger partial charge in [-0.2, -0.15) is 0 Å². The van der Waals surface area contributed by atoms with Gasteiger partial charge in [0.1, 0.15) is 0 Å². The van der Waals surface area contributed by atoms with Crippen LogP contribution in [0.2, 0.25) is 0 Å². The van der Waals surface area contributed by atoms with Gasteiger partial charge in [0, 0.05) is 0 Å². The van der Waals surface area contributed by atoms with Crippen LogP contribution in [0, 0.1) is 29.6 Å². The quantitative estimate of drug-likeness (QED) is 0.546. The standard InChI is InChI=1S/C22H32/c1-15-7-8-17-16(13-15)14-19-21(17,4)12-9-18-20(2,3)10-6-11-22(18,19)5/h7-8,13,18-19H,6,9-12,14H2,1-5H3/t18-,19+,21+,22-/m0/s1. The molecule has 0 bridgehead atoms. The van der Waals surface area contributed by atoms with Crippen molar-refractivity contribution in [3.63, 3.8) is 0 Å². The van der Waals surface area contributed by atoms with E-state index in [0.29, 0.717) is 16.2 Å². The van der Waals surface area contributed by atoms with E-state index in [9.17, 15) is 0 Å². The van der Waals surface area contributed by atoms with Crippen molar-refractivity contribution in [2.75, 3.05) is 0 Å². The van der Waals surface area contributed by atoms with Crippen LogP contribution in [0.4, 0.5) is 0 Å². The second-order valence-corrected chi connectivity index (χ2v) is 9.77. The Balaban J connectivity index is 1.81. The summed E-state index contributed by atoms with van der Waals surface area (Å²) in [4.78, 5) is 0. The molecule has 0 N–H and O–H groups in total. The first kappa shape index (κ1) is 14.8. The van der Waals surface area contributed by atoms with Crippen LogP contribution < -0.4 is 0 Å². The summed E-state index contributed by atoms with van der Waals surface area (Å²) in [6, 6.07) is 7.28. The van der Waals surface area contributed by atoms with Crippen molar-refractivity contribution in [2.24, 2.45) is 22.7 Å². The van der Waals surface area contributed by atoms with Gasteiger partial charge in [-0.25, -0.2) is 0 Å². The third kappa shape index (κ3) is 1.76. The molecule has 0 aromatic heterocycles. The molecule has 0 heteroatoms. The highest BCUT2D eigenvalue weighted by molar-refractivity contribution is 5.44. The average molecular weight is 296 g/mol. The number of fused-ring (bicyclic) bond motifs is 5. The summed E-state index contributed by atoms with van der Waals surface area (Å²) in [5.41, 5.74) is 6.30. The molecule has 0 nitrogen and oxygen atoms in total. The maximum atomic E-state index is 2.65. The molecule has 2 saturated carbocycles. The molecule has 4 rings (SSSR count). The minimum absolute atomic E-state index is 0.432. The van der Waals surface area contributed by atoms with Crippen molar-refractivity contribution in [1.82, 2.24) is 0 Å². The lowest BCUT2D eigenvalue weighted by Gasteiger charge is -2.61. The normalized spacial score (nSPS) is 42.4. The molecule has 0 aliphatic heterocycles. The number of hydrogen-bond acceptors (Lipinski definition) is 0. The molecule has 3 aliphatic rings. The second-order valence-electron chi connectivity index (χ2n) is 9.77. The molecular weight excluding hydrogens is 264 g/mol. The van der Waals surface area contributed by atoms with Crippen LogP contribution >= 0.6 is 0 Å². The molecule has 1 aromatic carbocycles. The molecule has 3 aliphatic carbocycles. The zero-order valence-corrected chi connectivity index (χ0v) is 15.1. The summed E-state index contributed by atoms with van der Waals surface area (Å²) in [5.74, 6) is 1.78. The van der Waals surface area contributed by atoms with Crippen molar-refractivity contribution >= 4 is 0 Å². The average Bonchev–Trinajstić information content (AvgIpc) is 2.71. The van der Waals surface area contributed by atoms with Crippen LogP contribution in [0.1, 0.15) is 76.5 Å². The second kappa shape index (κ2) is 4.40. The van der Waals surface area contributed by atoms with Crippen molar-refractivity contribution in [3.05, 3.63) is 34.9 Å². The highest BCUT2D eigenvalue weighted by Gasteiger charge is 2.60. The van der Waals surface area contributed by atoms with Crippen molar-refractivity contribution in [3.8, 4) is 0 Å². The zero-order chi connectivity index (χ0) is 15.8. The van der Waals surface area contributed by atoms with Crippen LogP contribution in [0.5, 0.6) is 0 Å². The monoisotopic (exact) mass is 296 g/mol. The van der Waals surface area contributed by atoms with Crippen LogP contribution in [0.3, 0.4) is 0 Å². The summed E-state index contributed by atoms with van der Waals surface area (Å²) < 4.78 is 0. The van der Waals surface area contributed by atoms with E-state index >= 15 is 0 Å². The van der Waals surface area contributed by atoms with Crippen LogP contribution in [-0.4, -0.2) is 0 Å². The molecular formula is C22H32. The van der Waals surface area contributed by atoms with Gasteiger partial charge in [0.25, 0.3) is 0 Å². The lowest BCUT2D eigenvalue weighted by atomic mass is 9.43. The Hall–Kier alpha value is -0.780. The maximum absolute atomic E-state index is 2.65. The molecule has 2 fully saturated rings. The molecule has 0 amide bonds. The first-order chi connectivity index (χ1) is 10.3.